The van der Waals surface area contributed by atoms with Gasteiger partial charge in [0.15, 0.2) is 0 Å². The summed E-state index contributed by atoms with van der Waals surface area (Å²) < 4.78 is 0.964. The van der Waals surface area contributed by atoms with Crippen LogP contribution in [0, 0.1) is 5.92 Å². The average molecular weight is 358 g/mol. The molecule has 2 aromatic rings. The van der Waals surface area contributed by atoms with E-state index in [9.17, 15) is 9.59 Å². The summed E-state index contributed by atoms with van der Waals surface area (Å²) in [6.07, 6.45) is 4.81. The molecule has 0 spiro atoms. The van der Waals surface area contributed by atoms with Crippen LogP contribution in [0.3, 0.4) is 0 Å². The summed E-state index contributed by atoms with van der Waals surface area (Å²) in [7, 11) is 1.72. The smallest absolute Gasteiger partial charge is 0.270 e. The van der Waals surface area contributed by atoms with Crippen molar-refractivity contribution in [1.82, 2.24) is 15.2 Å². The molecule has 1 N–H and O–H groups in total. The first kappa shape index (κ1) is 16.5. The highest BCUT2D eigenvalue weighted by Crippen LogP contribution is 2.33. The Morgan fingerprint density at radius 3 is 2.84 bits per heavy atom. The number of fused-ring (bicyclic) bond motifs is 4. The van der Waals surface area contributed by atoms with Gasteiger partial charge in [0.2, 0.25) is 6.41 Å². The Labute approximate surface area is 150 Å². The van der Waals surface area contributed by atoms with Gasteiger partial charge in [-0.15, -0.1) is 11.3 Å². The summed E-state index contributed by atoms with van der Waals surface area (Å²) in [5.74, 6) is 0.466. The molecule has 0 radical (unpaired) electrons. The molecule has 132 valence electrons. The van der Waals surface area contributed by atoms with E-state index < -0.39 is 0 Å². The molecule has 5 heterocycles. The lowest BCUT2D eigenvalue weighted by atomic mass is 9.79. The Kier molecular flexibility index (Phi) is 4.21. The van der Waals surface area contributed by atoms with E-state index in [2.05, 4.69) is 22.1 Å². The molecule has 25 heavy (non-hydrogen) atoms. The average Bonchev–Trinajstić information content (AvgIpc) is 3.07. The Morgan fingerprint density at radius 1 is 1.40 bits per heavy atom. The molecule has 3 aliphatic heterocycles. The summed E-state index contributed by atoms with van der Waals surface area (Å²) in [4.78, 5) is 32.0. The molecule has 2 amide bonds. The summed E-state index contributed by atoms with van der Waals surface area (Å²) in [5, 5.41) is 5.01. The zero-order chi connectivity index (χ0) is 17.6. The molecular formula is C18H22N4O2S. The normalized spacial score (nSPS) is 28.1. The number of aromatic nitrogens is 1. The van der Waals surface area contributed by atoms with Gasteiger partial charge in [-0.3, -0.25) is 19.5 Å². The number of thiophene rings is 1. The number of hydrogen-bond donors (Lipinski definition) is 1. The number of hydrogen-bond acceptors (Lipinski definition) is 5. The van der Waals surface area contributed by atoms with E-state index in [1.165, 1.54) is 16.2 Å². The molecular weight excluding hydrogens is 336 g/mol. The summed E-state index contributed by atoms with van der Waals surface area (Å²) in [6.45, 7) is 4.49. The Hall–Kier alpha value is -1.99. The van der Waals surface area contributed by atoms with Crippen molar-refractivity contribution in [2.75, 3.05) is 25.0 Å². The quantitative estimate of drug-likeness (QED) is 0.850. The number of piperidine rings is 3. The van der Waals surface area contributed by atoms with Crippen LogP contribution in [0.25, 0.3) is 10.1 Å². The number of anilines is 1. The van der Waals surface area contributed by atoms with Gasteiger partial charge < -0.3 is 10.2 Å². The molecule has 3 fully saturated rings. The SMILES string of the molecule is C[C@@H]1[C@H](NC(=O)c2cc3sc(N(C)C=O)cc3cn2)C2CCN1CC2. The maximum absolute atomic E-state index is 12.7. The van der Waals surface area contributed by atoms with E-state index >= 15 is 0 Å². The third-order valence-corrected chi connectivity index (χ3v) is 6.79. The molecule has 2 bridgehead atoms. The number of nitrogens with zero attached hydrogens (tertiary/aromatic N) is 3. The topological polar surface area (TPSA) is 65.5 Å². The van der Waals surface area contributed by atoms with Gasteiger partial charge in [0.05, 0.1) is 5.00 Å². The first-order valence-electron chi connectivity index (χ1n) is 8.69. The maximum atomic E-state index is 12.7. The van der Waals surface area contributed by atoms with E-state index in [1.54, 1.807) is 13.2 Å². The number of pyridine rings is 1. The Bertz CT molecular complexity index is 811. The zero-order valence-electron chi connectivity index (χ0n) is 14.4. The molecule has 0 saturated carbocycles. The van der Waals surface area contributed by atoms with Crippen LogP contribution < -0.4 is 10.2 Å². The van der Waals surface area contributed by atoms with Gasteiger partial charge in [0.25, 0.3) is 5.91 Å². The van der Waals surface area contributed by atoms with Crippen molar-refractivity contribution >= 4 is 38.7 Å². The Morgan fingerprint density at radius 2 is 2.16 bits per heavy atom. The first-order chi connectivity index (χ1) is 12.1. The molecule has 0 unspecified atom stereocenters. The molecule has 0 aliphatic carbocycles. The van der Waals surface area contributed by atoms with Crippen LogP contribution in [-0.4, -0.2) is 54.4 Å². The second kappa shape index (κ2) is 6.38. The third-order valence-electron chi connectivity index (χ3n) is 5.60. The van der Waals surface area contributed by atoms with Crippen molar-refractivity contribution in [1.29, 1.82) is 0 Å². The minimum absolute atomic E-state index is 0.105. The molecule has 3 aliphatic rings. The van der Waals surface area contributed by atoms with E-state index in [-0.39, 0.29) is 11.9 Å². The fourth-order valence-corrected chi connectivity index (χ4v) is 5.04. The first-order valence-corrected chi connectivity index (χ1v) is 9.51. The predicted molar refractivity (Wildman–Crippen MR) is 99.1 cm³/mol. The van der Waals surface area contributed by atoms with E-state index in [0.717, 1.165) is 47.4 Å². The molecule has 3 saturated heterocycles. The van der Waals surface area contributed by atoms with Crippen LogP contribution in [0.1, 0.15) is 30.3 Å². The minimum atomic E-state index is -0.105. The maximum Gasteiger partial charge on any atom is 0.270 e. The van der Waals surface area contributed by atoms with Gasteiger partial charge in [-0.1, -0.05) is 0 Å². The summed E-state index contributed by atoms with van der Waals surface area (Å²) >= 11 is 1.49. The number of carbonyl (C=O) groups is 2. The monoisotopic (exact) mass is 358 g/mol. The van der Waals surface area contributed by atoms with Crippen LogP contribution in [0.2, 0.25) is 0 Å². The van der Waals surface area contributed by atoms with Gasteiger partial charge in [-0.25, -0.2) is 0 Å². The zero-order valence-corrected chi connectivity index (χ0v) is 15.3. The van der Waals surface area contributed by atoms with E-state index in [1.807, 2.05) is 12.1 Å². The van der Waals surface area contributed by atoms with Crippen molar-refractivity contribution in [2.45, 2.75) is 31.8 Å². The van der Waals surface area contributed by atoms with Gasteiger partial charge in [0, 0.05) is 35.4 Å². The van der Waals surface area contributed by atoms with Crippen LogP contribution >= 0.6 is 11.3 Å². The van der Waals surface area contributed by atoms with Crippen LogP contribution in [0.15, 0.2) is 18.3 Å². The van der Waals surface area contributed by atoms with Gasteiger partial charge in [-0.05, 0) is 50.9 Å². The number of carbonyl (C=O) groups excluding carboxylic acids is 2. The number of amides is 2. The van der Waals surface area contributed by atoms with Crippen molar-refractivity contribution in [3.8, 4) is 0 Å². The third kappa shape index (κ3) is 2.91. The summed E-state index contributed by atoms with van der Waals surface area (Å²) in [6, 6.07) is 4.32. The molecule has 0 aromatic carbocycles. The van der Waals surface area contributed by atoms with Crippen molar-refractivity contribution in [3.05, 3.63) is 24.0 Å². The highest BCUT2D eigenvalue weighted by Gasteiger charge is 2.40. The van der Waals surface area contributed by atoms with Crippen molar-refractivity contribution < 1.29 is 9.59 Å². The van der Waals surface area contributed by atoms with Gasteiger partial charge in [0.1, 0.15) is 5.69 Å². The lowest BCUT2D eigenvalue weighted by molar-refractivity contribution is -0.107. The van der Waals surface area contributed by atoms with Crippen molar-refractivity contribution in [3.63, 3.8) is 0 Å². The fraction of sp³-hybridized carbons (Fsp3) is 0.500. The predicted octanol–water partition coefficient (Wildman–Crippen LogP) is 2.10. The lowest BCUT2D eigenvalue weighted by Crippen LogP contribution is -2.62. The van der Waals surface area contributed by atoms with Crippen LogP contribution in [0.5, 0.6) is 0 Å². The fourth-order valence-electron chi connectivity index (χ4n) is 4.04. The molecule has 6 nitrogen and oxygen atoms in total. The number of nitrogens with one attached hydrogen (secondary N) is 1. The highest BCUT2D eigenvalue weighted by molar-refractivity contribution is 7.23. The lowest BCUT2D eigenvalue weighted by Gasteiger charge is -2.49. The van der Waals surface area contributed by atoms with Gasteiger partial charge >= 0.3 is 0 Å². The minimum Gasteiger partial charge on any atom is -0.346 e. The molecule has 5 rings (SSSR count). The molecule has 7 heteroatoms. The van der Waals surface area contributed by atoms with E-state index in [0.29, 0.717) is 17.7 Å². The van der Waals surface area contributed by atoms with Crippen LogP contribution in [0.4, 0.5) is 5.00 Å². The molecule has 2 atom stereocenters. The summed E-state index contributed by atoms with van der Waals surface area (Å²) in [5.41, 5.74) is 0.443. The largest absolute Gasteiger partial charge is 0.346 e. The van der Waals surface area contributed by atoms with E-state index in [4.69, 9.17) is 0 Å². The van der Waals surface area contributed by atoms with Gasteiger partial charge in [-0.2, -0.15) is 0 Å². The second-order valence-electron chi connectivity index (χ2n) is 7.02. The second-order valence-corrected chi connectivity index (χ2v) is 8.08. The van der Waals surface area contributed by atoms with Crippen molar-refractivity contribution in [2.24, 2.45) is 5.92 Å². The standard InChI is InChI=1S/C18H22N4O2S/c1-11-17(12-3-5-22(11)6-4-12)20-18(24)14-8-15-13(9-19-14)7-16(25-15)21(2)10-23/h7-12,17H,3-6H2,1-2H3,(H,20,24)/t11-,17+/m1/s1. The van der Waals surface area contributed by atoms with Crippen LogP contribution in [-0.2, 0) is 4.79 Å². The number of rotatable bonds is 4. The highest BCUT2D eigenvalue weighted by atomic mass is 32.1. The Balaban J connectivity index is 1.54. The molecule has 2 aromatic heterocycles.